The number of aliphatic hydroxyl groups is 1. The van der Waals surface area contributed by atoms with Gasteiger partial charge in [0.2, 0.25) is 0 Å². The van der Waals surface area contributed by atoms with Crippen molar-refractivity contribution < 1.29 is 5.11 Å². The van der Waals surface area contributed by atoms with Crippen LogP contribution in [0.3, 0.4) is 0 Å². The molecule has 1 aliphatic heterocycles. The lowest BCUT2D eigenvalue weighted by Crippen LogP contribution is -2.27. The SMILES string of the molecule is OCCc1ccc(N2CCCNCC2)cc1. The van der Waals surface area contributed by atoms with Crippen molar-refractivity contribution in [3.05, 3.63) is 29.8 Å². The molecule has 0 radical (unpaired) electrons. The summed E-state index contributed by atoms with van der Waals surface area (Å²) in [6, 6.07) is 8.56. The molecule has 0 bridgehead atoms. The predicted octanol–water partition coefficient (Wildman–Crippen LogP) is 1.02. The molecule has 0 atom stereocenters. The molecule has 1 saturated heterocycles. The third-order valence-electron chi connectivity index (χ3n) is 3.04. The van der Waals surface area contributed by atoms with Crippen LogP contribution in [0.5, 0.6) is 0 Å². The summed E-state index contributed by atoms with van der Waals surface area (Å²) in [5.41, 5.74) is 2.50. The van der Waals surface area contributed by atoms with E-state index in [1.807, 2.05) is 0 Å². The van der Waals surface area contributed by atoms with Crippen molar-refractivity contribution in [3.63, 3.8) is 0 Å². The maximum atomic E-state index is 8.86. The smallest absolute Gasteiger partial charge is 0.0471 e. The van der Waals surface area contributed by atoms with Crippen molar-refractivity contribution in [2.45, 2.75) is 12.8 Å². The van der Waals surface area contributed by atoms with E-state index in [1.54, 1.807) is 0 Å². The minimum atomic E-state index is 0.229. The van der Waals surface area contributed by atoms with Gasteiger partial charge in [0.05, 0.1) is 0 Å². The molecule has 3 heteroatoms. The van der Waals surface area contributed by atoms with Gasteiger partial charge in [0.15, 0.2) is 0 Å². The maximum Gasteiger partial charge on any atom is 0.0471 e. The van der Waals surface area contributed by atoms with Crippen molar-refractivity contribution in [3.8, 4) is 0 Å². The summed E-state index contributed by atoms with van der Waals surface area (Å²) >= 11 is 0. The molecule has 0 aromatic heterocycles. The lowest BCUT2D eigenvalue weighted by molar-refractivity contribution is 0.299. The number of anilines is 1. The van der Waals surface area contributed by atoms with Gasteiger partial charge in [-0.25, -0.2) is 0 Å². The number of hydrogen-bond donors (Lipinski definition) is 2. The minimum Gasteiger partial charge on any atom is -0.396 e. The Morgan fingerprint density at radius 2 is 1.94 bits per heavy atom. The van der Waals surface area contributed by atoms with Gasteiger partial charge in [-0.1, -0.05) is 12.1 Å². The van der Waals surface area contributed by atoms with Crippen molar-refractivity contribution in [2.75, 3.05) is 37.7 Å². The third-order valence-corrected chi connectivity index (χ3v) is 3.04. The molecule has 1 aromatic carbocycles. The highest BCUT2D eigenvalue weighted by molar-refractivity contribution is 5.47. The second-order valence-electron chi connectivity index (χ2n) is 4.23. The van der Waals surface area contributed by atoms with Gasteiger partial charge in [0.25, 0.3) is 0 Å². The average molecular weight is 220 g/mol. The first-order chi connectivity index (χ1) is 7.90. The zero-order valence-corrected chi connectivity index (χ0v) is 9.65. The number of nitrogens with one attached hydrogen (secondary N) is 1. The van der Waals surface area contributed by atoms with Crippen LogP contribution in [-0.4, -0.2) is 37.9 Å². The van der Waals surface area contributed by atoms with Crippen LogP contribution < -0.4 is 10.2 Å². The van der Waals surface area contributed by atoms with Gasteiger partial charge in [-0.05, 0) is 37.1 Å². The van der Waals surface area contributed by atoms with Crippen LogP contribution in [0.15, 0.2) is 24.3 Å². The maximum absolute atomic E-state index is 8.86. The van der Waals surface area contributed by atoms with E-state index in [1.165, 1.54) is 17.7 Å². The molecule has 0 amide bonds. The molecule has 0 saturated carbocycles. The van der Waals surface area contributed by atoms with Crippen LogP contribution in [0, 0.1) is 0 Å². The second kappa shape index (κ2) is 5.87. The summed E-state index contributed by atoms with van der Waals surface area (Å²) in [6.07, 6.45) is 1.96. The Hall–Kier alpha value is -1.06. The lowest BCUT2D eigenvalue weighted by atomic mass is 10.1. The van der Waals surface area contributed by atoms with E-state index >= 15 is 0 Å². The Kier molecular flexibility index (Phi) is 4.19. The van der Waals surface area contributed by atoms with E-state index in [9.17, 15) is 0 Å². The quantitative estimate of drug-likeness (QED) is 0.798. The van der Waals surface area contributed by atoms with Gasteiger partial charge in [0, 0.05) is 31.9 Å². The monoisotopic (exact) mass is 220 g/mol. The molecule has 3 nitrogen and oxygen atoms in total. The van der Waals surface area contributed by atoms with Gasteiger partial charge in [-0.3, -0.25) is 0 Å². The number of hydrogen-bond acceptors (Lipinski definition) is 3. The topological polar surface area (TPSA) is 35.5 Å². The first kappa shape index (κ1) is 11.4. The molecule has 88 valence electrons. The van der Waals surface area contributed by atoms with Crippen LogP contribution in [0.1, 0.15) is 12.0 Å². The van der Waals surface area contributed by atoms with E-state index in [2.05, 4.69) is 34.5 Å². The molecule has 2 rings (SSSR count). The van der Waals surface area contributed by atoms with Gasteiger partial charge in [-0.2, -0.15) is 0 Å². The van der Waals surface area contributed by atoms with Gasteiger partial charge < -0.3 is 15.3 Å². The van der Waals surface area contributed by atoms with E-state index < -0.39 is 0 Å². The standard InChI is InChI=1S/C13H20N2O/c16-11-6-12-2-4-13(5-3-12)15-9-1-7-14-8-10-15/h2-5,14,16H,1,6-11H2. The Balaban J connectivity index is 2.01. The normalized spacial score (nSPS) is 17.2. The number of rotatable bonds is 3. The molecule has 16 heavy (non-hydrogen) atoms. The summed E-state index contributed by atoms with van der Waals surface area (Å²) in [6.45, 7) is 4.64. The fourth-order valence-corrected chi connectivity index (χ4v) is 2.11. The van der Waals surface area contributed by atoms with E-state index in [0.29, 0.717) is 0 Å². The molecule has 0 aliphatic carbocycles. The van der Waals surface area contributed by atoms with Gasteiger partial charge in [0.1, 0.15) is 0 Å². The Morgan fingerprint density at radius 3 is 2.69 bits per heavy atom. The minimum absolute atomic E-state index is 0.229. The van der Waals surface area contributed by atoms with Crippen molar-refractivity contribution >= 4 is 5.69 Å². The molecule has 2 N–H and O–H groups in total. The molecule has 1 fully saturated rings. The highest BCUT2D eigenvalue weighted by atomic mass is 16.2. The predicted molar refractivity (Wildman–Crippen MR) is 66.9 cm³/mol. The summed E-state index contributed by atoms with van der Waals surface area (Å²) in [5.74, 6) is 0. The van der Waals surface area contributed by atoms with Crippen LogP contribution in [0.4, 0.5) is 5.69 Å². The summed E-state index contributed by atoms with van der Waals surface area (Å²) in [7, 11) is 0. The van der Waals surface area contributed by atoms with Crippen molar-refractivity contribution in [2.24, 2.45) is 0 Å². The van der Waals surface area contributed by atoms with E-state index in [-0.39, 0.29) is 6.61 Å². The number of benzene rings is 1. The third kappa shape index (κ3) is 2.97. The fraction of sp³-hybridized carbons (Fsp3) is 0.538. The second-order valence-corrected chi connectivity index (χ2v) is 4.23. The van der Waals surface area contributed by atoms with Gasteiger partial charge >= 0.3 is 0 Å². The molecule has 0 spiro atoms. The summed E-state index contributed by atoms with van der Waals surface area (Å²) in [5, 5.41) is 12.3. The Labute approximate surface area is 97.1 Å². The number of aliphatic hydroxyl groups excluding tert-OH is 1. The fourth-order valence-electron chi connectivity index (χ4n) is 2.11. The van der Waals surface area contributed by atoms with E-state index in [0.717, 1.165) is 32.6 Å². The van der Waals surface area contributed by atoms with Gasteiger partial charge in [-0.15, -0.1) is 0 Å². The highest BCUT2D eigenvalue weighted by Crippen LogP contribution is 2.16. The molecule has 1 aliphatic rings. The zero-order chi connectivity index (χ0) is 11.2. The van der Waals surface area contributed by atoms with Crippen LogP contribution in [0.25, 0.3) is 0 Å². The highest BCUT2D eigenvalue weighted by Gasteiger charge is 2.08. The molecule has 1 aromatic rings. The van der Waals surface area contributed by atoms with Crippen LogP contribution in [0.2, 0.25) is 0 Å². The van der Waals surface area contributed by atoms with Crippen LogP contribution >= 0.6 is 0 Å². The van der Waals surface area contributed by atoms with Crippen molar-refractivity contribution in [1.82, 2.24) is 5.32 Å². The average Bonchev–Trinajstić information content (AvgIpc) is 2.59. The summed E-state index contributed by atoms with van der Waals surface area (Å²) < 4.78 is 0. The van der Waals surface area contributed by atoms with E-state index in [4.69, 9.17) is 5.11 Å². The lowest BCUT2D eigenvalue weighted by Gasteiger charge is -2.22. The molecular formula is C13H20N2O. The first-order valence-electron chi connectivity index (χ1n) is 6.05. The largest absolute Gasteiger partial charge is 0.396 e. The zero-order valence-electron chi connectivity index (χ0n) is 9.65. The molecular weight excluding hydrogens is 200 g/mol. The number of nitrogens with zero attached hydrogens (tertiary/aromatic N) is 1. The Morgan fingerprint density at radius 1 is 1.12 bits per heavy atom. The first-order valence-corrected chi connectivity index (χ1v) is 6.05. The van der Waals surface area contributed by atoms with Crippen molar-refractivity contribution in [1.29, 1.82) is 0 Å². The Bertz CT molecular complexity index is 302. The molecule has 0 unspecified atom stereocenters. The summed E-state index contributed by atoms with van der Waals surface area (Å²) in [4.78, 5) is 2.42. The molecule has 1 heterocycles. The van der Waals surface area contributed by atoms with Crippen LogP contribution in [-0.2, 0) is 6.42 Å².